The van der Waals surface area contributed by atoms with Gasteiger partial charge in [0.25, 0.3) is 17.7 Å². The number of nitrogens with one attached hydrogen (secondary N) is 1. The molecule has 4 aromatic carbocycles. The third kappa shape index (κ3) is 24.1. The number of ether oxygens (including phenoxy) is 1. The minimum atomic E-state index is -3.47. The lowest BCUT2D eigenvalue weighted by molar-refractivity contribution is -0.137. The molecule has 3 heterocycles. The van der Waals surface area contributed by atoms with Crippen molar-refractivity contribution in [1.29, 1.82) is 0 Å². The van der Waals surface area contributed by atoms with Gasteiger partial charge in [0, 0.05) is 68.5 Å². The molecule has 0 unspecified atom stereocenters. The monoisotopic (exact) mass is 1400 g/mol. The van der Waals surface area contributed by atoms with E-state index in [1.807, 2.05) is 69.9 Å². The number of halogens is 3. The Kier molecular flexibility index (Phi) is 30.0. The van der Waals surface area contributed by atoms with Crippen molar-refractivity contribution in [3.63, 3.8) is 0 Å². The van der Waals surface area contributed by atoms with Gasteiger partial charge in [-0.25, -0.2) is 30.0 Å². The Balaban J connectivity index is 0.000000257. The van der Waals surface area contributed by atoms with E-state index in [0.29, 0.717) is 49.8 Å². The molecule has 4 aromatic rings. The quantitative estimate of drug-likeness (QED) is 0.0683. The molecule has 0 aromatic heterocycles. The van der Waals surface area contributed by atoms with Crippen LogP contribution < -0.4 is 5.32 Å². The highest BCUT2D eigenvalue weighted by Gasteiger charge is 2.36. The van der Waals surface area contributed by atoms with Crippen LogP contribution in [0.15, 0.2) is 99.6 Å². The topological polar surface area (TPSA) is 225 Å². The van der Waals surface area contributed by atoms with Crippen LogP contribution >= 0.6 is 34.8 Å². The average Bonchev–Trinajstić information content (AvgIpc) is 0.940. The van der Waals surface area contributed by atoms with Gasteiger partial charge >= 0.3 is 6.09 Å². The smallest absolute Gasteiger partial charge is 0.410 e. The van der Waals surface area contributed by atoms with Crippen molar-refractivity contribution < 1.29 is 54.0 Å². The molecular weight excluding hydrogens is 1310 g/mol. The lowest BCUT2D eigenvalue weighted by Gasteiger charge is -2.37. The zero-order chi connectivity index (χ0) is 69.1. The molecule has 3 aliphatic rings. The average molecular weight is 1410 g/mol. The van der Waals surface area contributed by atoms with Crippen molar-refractivity contribution >= 4 is 94.0 Å². The van der Waals surface area contributed by atoms with Crippen LogP contribution in [0.3, 0.4) is 0 Å². The number of unbranched alkanes of at least 4 members (excludes halogenated alkanes) is 3. The number of amides is 5. The summed E-state index contributed by atoms with van der Waals surface area (Å²) in [5, 5.41) is 3.80. The molecule has 3 fully saturated rings. The molecule has 0 saturated carbocycles. The zero-order valence-electron chi connectivity index (χ0n) is 56.3. The van der Waals surface area contributed by atoms with E-state index in [2.05, 4.69) is 5.32 Å². The number of carbonyl (C=O) groups is 5. The SMILES string of the molecule is CN(C)C(=O)c1ccc(S(=O)(=O)CCCCC2CCN(C(=O)C(C)(C)c3ccccc3)CC2)cc1Cl.CN(C)C(=O)c1ccc(S(=O)(=O)CCCCC2CCN(C(=O)OC(C)(C)C)CC2)cc1Cl.CN(C)C(=O)c1ccc(S(=O)(=O)CCCCC2CCNCC2)cc1Cl. The number of rotatable bonds is 23. The summed E-state index contributed by atoms with van der Waals surface area (Å²) >= 11 is 18.5. The van der Waals surface area contributed by atoms with Gasteiger partial charge in [-0.1, -0.05) is 104 Å². The van der Waals surface area contributed by atoms with Gasteiger partial charge in [0.2, 0.25) is 5.91 Å². The summed E-state index contributed by atoms with van der Waals surface area (Å²) < 4.78 is 81.3. The lowest BCUT2D eigenvalue weighted by Crippen LogP contribution is -2.47. The Bertz CT molecular complexity index is 3510. The summed E-state index contributed by atoms with van der Waals surface area (Å²) in [6.45, 7) is 14.5. The number of carbonyl (C=O) groups excluding carboxylic acids is 5. The highest BCUT2D eigenvalue weighted by atomic mass is 35.5. The maximum atomic E-state index is 13.2. The first kappa shape index (κ1) is 78.4. The predicted octanol–water partition coefficient (Wildman–Crippen LogP) is 12.8. The fourth-order valence-corrected chi connectivity index (χ4v) is 16.7. The number of likely N-dealkylation sites (tertiary alicyclic amines) is 2. The normalized spacial score (nSPS) is 15.5. The van der Waals surface area contributed by atoms with Crippen LogP contribution in [0.2, 0.25) is 15.1 Å². The Morgan fingerprint density at radius 2 is 0.796 bits per heavy atom. The van der Waals surface area contributed by atoms with E-state index < -0.39 is 40.5 Å². The van der Waals surface area contributed by atoms with Crippen molar-refractivity contribution in [2.75, 3.05) is 98.8 Å². The molecule has 3 saturated heterocycles. The number of nitrogens with zero attached hydrogens (tertiary/aromatic N) is 5. The first-order valence-electron chi connectivity index (χ1n) is 32.3. The van der Waals surface area contributed by atoms with E-state index in [-0.39, 0.29) is 87.9 Å². The summed E-state index contributed by atoms with van der Waals surface area (Å²) in [4.78, 5) is 69.9. The minimum Gasteiger partial charge on any atom is -0.444 e. The van der Waals surface area contributed by atoms with Crippen molar-refractivity contribution in [3.05, 3.63) is 122 Å². The predicted molar refractivity (Wildman–Crippen MR) is 371 cm³/mol. The fourth-order valence-electron chi connectivity index (χ4n) is 11.5. The van der Waals surface area contributed by atoms with E-state index in [0.717, 1.165) is 102 Å². The van der Waals surface area contributed by atoms with E-state index in [1.54, 1.807) is 47.2 Å². The minimum absolute atomic E-state index is 0.0427. The maximum absolute atomic E-state index is 13.2. The number of piperidine rings is 3. The standard InChI is InChI=1S/C28H37ClN2O4S.C23H35ClN2O5S.C18H27ClN2O3S/c1-28(2,22-11-6-5-7-12-22)27(33)31-17-15-21(16-18-31)10-8-9-19-36(34,35)23-13-14-24(25(29)20-23)26(32)30(3)4;1-23(2,3)31-22(28)26-13-11-17(12-14-26)8-6-7-15-32(29,30)18-9-10-19(20(24)16-18)21(27)25(4)5;1-21(2)18(22)16-7-6-15(13-17(16)19)25(23,24)12-4-3-5-14-8-10-20-11-9-14/h5-7,11-14,20-21H,8-10,15-19H2,1-4H3;9-10,16-17H,6-8,11-15H2,1-5H3;6-7,13-14,20H,3-5,8-12H2,1-2H3. The number of hydrogen-bond donors (Lipinski definition) is 1. The Morgan fingerprint density at radius 1 is 0.473 bits per heavy atom. The molecule has 18 nitrogen and oxygen atoms in total. The molecule has 0 aliphatic carbocycles. The summed E-state index contributed by atoms with van der Waals surface area (Å²) in [7, 11) is -0.572. The number of benzene rings is 4. The third-order valence-electron chi connectivity index (χ3n) is 17.3. The molecule has 5 amide bonds. The second-order valence-electron chi connectivity index (χ2n) is 26.8. The summed E-state index contributed by atoms with van der Waals surface area (Å²) in [6, 6.07) is 22.8. The Labute approximate surface area is 569 Å². The fraction of sp³-hybridized carbons (Fsp3) is 0.580. The van der Waals surface area contributed by atoms with Crippen molar-refractivity contribution in [2.24, 2.45) is 17.8 Å². The van der Waals surface area contributed by atoms with Crippen LogP contribution in [-0.2, 0) is 44.5 Å². The Morgan fingerprint density at radius 3 is 1.11 bits per heavy atom. The van der Waals surface area contributed by atoms with Crippen LogP contribution in [0, 0.1) is 17.8 Å². The van der Waals surface area contributed by atoms with E-state index in [9.17, 15) is 49.2 Å². The van der Waals surface area contributed by atoms with Crippen molar-refractivity contribution in [3.8, 4) is 0 Å². The van der Waals surface area contributed by atoms with Crippen molar-refractivity contribution in [1.82, 2.24) is 29.8 Å². The summed E-state index contributed by atoms with van der Waals surface area (Å²) in [5.74, 6) is 1.31. The maximum Gasteiger partial charge on any atom is 0.410 e. The summed E-state index contributed by atoms with van der Waals surface area (Å²) in [6.07, 6.45) is 13.1. The van der Waals surface area contributed by atoms with Gasteiger partial charge in [0.1, 0.15) is 5.60 Å². The van der Waals surface area contributed by atoms with Gasteiger partial charge in [0.15, 0.2) is 29.5 Å². The van der Waals surface area contributed by atoms with E-state index in [4.69, 9.17) is 39.5 Å². The molecule has 516 valence electrons. The third-order valence-corrected chi connectivity index (χ3v) is 23.6. The molecule has 93 heavy (non-hydrogen) atoms. The zero-order valence-corrected chi connectivity index (χ0v) is 61.0. The van der Waals surface area contributed by atoms with E-state index >= 15 is 0 Å². The molecule has 7 rings (SSSR count). The Hall–Kier alpha value is -5.29. The first-order valence-corrected chi connectivity index (χ1v) is 38.4. The molecule has 0 radical (unpaired) electrons. The van der Waals surface area contributed by atoms with Gasteiger partial charge < -0.3 is 34.6 Å². The number of hydrogen-bond acceptors (Lipinski definition) is 13. The van der Waals surface area contributed by atoms with Gasteiger partial charge in [-0.15, -0.1) is 0 Å². The molecule has 3 aliphatic heterocycles. The molecule has 24 heteroatoms. The van der Waals surface area contributed by atoms with Gasteiger partial charge in [0.05, 0.1) is 69.1 Å². The second kappa shape index (κ2) is 35.6. The van der Waals surface area contributed by atoms with Crippen LogP contribution in [0.1, 0.15) is 168 Å². The van der Waals surface area contributed by atoms with E-state index in [1.165, 1.54) is 82.1 Å². The van der Waals surface area contributed by atoms with Crippen LogP contribution in [0.25, 0.3) is 0 Å². The molecule has 1 N–H and O–H groups in total. The summed E-state index contributed by atoms with van der Waals surface area (Å²) in [5.41, 5.74) is 0.871. The second-order valence-corrected chi connectivity index (χ2v) is 34.3. The van der Waals surface area contributed by atoms with Gasteiger partial charge in [-0.2, -0.15) is 0 Å². The first-order chi connectivity index (χ1) is 43.5. The lowest BCUT2D eigenvalue weighted by atomic mass is 9.82. The largest absolute Gasteiger partial charge is 0.444 e. The van der Waals surface area contributed by atoms with Crippen LogP contribution in [0.5, 0.6) is 0 Å². The van der Waals surface area contributed by atoms with Gasteiger partial charge in [-0.05, 0) is 183 Å². The van der Waals surface area contributed by atoms with Crippen molar-refractivity contribution in [2.45, 2.75) is 157 Å². The molecular formula is C69H99Cl3N6O12S3. The van der Waals surface area contributed by atoms with Crippen LogP contribution in [0.4, 0.5) is 4.79 Å². The molecule has 0 spiro atoms. The highest BCUT2D eigenvalue weighted by molar-refractivity contribution is 7.92. The molecule has 0 atom stereocenters. The highest BCUT2D eigenvalue weighted by Crippen LogP contribution is 2.32. The molecule has 0 bridgehead atoms. The van der Waals surface area contributed by atoms with Gasteiger partial charge in [-0.3, -0.25) is 19.2 Å². The van der Waals surface area contributed by atoms with Crippen LogP contribution in [-0.4, -0.2) is 184 Å². The number of sulfone groups is 3.